The molecule has 1 unspecified atom stereocenters. The molecule has 90 valence electrons. The lowest BCUT2D eigenvalue weighted by Gasteiger charge is -2.11. The van der Waals surface area contributed by atoms with Crippen LogP contribution in [0.2, 0.25) is 0 Å². The molecule has 1 aromatic heterocycles. The highest BCUT2D eigenvalue weighted by atomic mass is 32.2. The van der Waals surface area contributed by atoms with Crippen LogP contribution in [-0.4, -0.2) is 14.5 Å². The molecule has 0 saturated heterocycles. The first-order valence-electron chi connectivity index (χ1n) is 5.34. The van der Waals surface area contributed by atoms with Crippen molar-refractivity contribution >= 4 is 21.4 Å². The van der Waals surface area contributed by atoms with E-state index in [2.05, 4.69) is 4.72 Å². The van der Waals surface area contributed by atoms with Gasteiger partial charge in [0, 0.05) is 17.5 Å². The maximum absolute atomic E-state index is 12.0. The lowest BCUT2D eigenvalue weighted by Crippen LogP contribution is -2.33. The van der Waals surface area contributed by atoms with E-state index < -0.39 is 10.0 Å². The molecule has 2 rings (SSSR count). The average molecular weight is 260 g/mol. The minimum atomic E-state index is -3.34. The Hall–Kier alpha value is -0.430. The molecule has 4 nitrogen and oxygen atoms in total. The van der Waals surface area contributed by atoms with Crippen LogP contribution in [0.15, 0.2) is 16.3 Å². The summed E-state index contributed by atoms with van der Waals surface area (Å²) in [6, 6.07) is 3.42. The molecule has 1 atom stereocenters. The van der Waals surface area contributed by atoms with Gasteiger partial charge in [0.25, 0.3) is 0 Å². The predicted molar refractivity (Wildman–Crippen MR) is 64.7 cm³/mol. The highest BCUT2D eigenvalue weighted by Gasteiger charge is 2.31. The normalized spacial score (nSPS) is 18.6. The highest BCUT2D eigenvalue weighted by Crippen LogP contribution is 2.33. The first kappa shape index (κ1) is 12.0. The molecule has 1 fully saturated rings. The van der Waals surface area contributed by atoms with E-state index in [0.29, 0.717) is 16.7 Å². The Labute approximate surface area is 99.9 Å². The molecule has 16 heavy (non-hydrogen) atoms. The van der Waals surface area contributed by atoms with E-state index in [1.54, 1.807) is 12.1 Å². The van der Waals surface area contributed by atoms with Gasteiger partial charge in [-0.3, -0.25) is 0 Å². The SMILES string of the molecule is CC(NS(=O)(=O)c1ccc(CN)s1)C1CC1. The van der Waals surface area contributed by atoms with Gasteiger partial charge in [-0.2, -0.15) is 0 Å². The molecular weight excluding hydrogens is 244 g/mol. The molecule has 0 bridgehead atoms. The smallest absolute Gasteiger partial charge is 0.250 e. The van der Waals surface area contributed by atoms with Gasteiger partial charge in [0.05, 0.1) is 0 Å². The van der Waals surface area contributed by atoms with Crippen LogP contribution < -0.4 is 10.5 Å². The third-order valence-electron chi connectivity index (χ3n) is 2.77. The van der Waals surface area contributed by atoms with Crippen LogP contribution in [0, 0.1) is 5.92 Å². The average Bonchev–Trinajstić information content (AvgIpc) is 2.95. The van der Waals surface area contributed by atoms with E-state index in [9.17, 15) is 8.42 Å². The molecule has 0 spiro atoms. The minimum Gasteiger partial charge on any atom is -0.326 e. The van der Waals surface area contributed by atoms with Crippen molar-refractivity contribution in [1.82, 2.24) is 4.72 Å². The first-order valence-corrected chi connectivity index (χ1v) is 7.64. The van der Waals surface area contributed by atoms with E-state index in [-0.39, 0.29) is 6.04 Å². The zero-order valence-corrected chi connectivity index (χ0v) is 10.8. The van der Waals surface area contributed by atoms with Gasteiger partial charge in [-0.25, -0.2) is 13.1 Å². The van der Waals surface area contributed by atoms with Crippen molar-refractivity contribution in [3.8, 4) is 0 Å². The van der Waals surface area contributed by atoms with Crippen molar-refractivity contribution < 1.29 is 8.42 Å². The van der Waals surface area contributed by atoms with Crippen molar-refractivity contribution in [3.05, 3.63) is 17.0 Å². The fourth-order valence-corrected chi connectivity index (χ4v) is 4.17. The van der Waals surface area contributed by atoms with Gasteiger partial charge < -0.3 is 5.73 Å². The van der Waals surface area contributed by atoms with Gasteiger partial charge in [0.1, 0.15) is 4.21 Å². The number of sulfonamides is 1. The van der Waals surface area contributed by atoms with E-state index in [4.69, 9.17) is 5.73 Å². The Morgan fingerprint density at radius 2 is 2.25 bits per heavy atom. The molecule has 0 aromatic carbocycles. The molecule has 1 saturated carbocycles. The van der Waals surface area contributed by atoms with Gasteiger partial charge in [-0.1, -0.05) is 0 Å². The Bertz CT molecular complexity index is 463. The van der Waals surface area contributed by atoms with Crippen molar-refractivity contribution in [2.24, 2.45) is 11.7 Å². The molecule has 3 N–H and O–H groups in total. The zero-order valence-electron chi connectivity index (χ0n) is 9.14. The quantitative estimate of drug-likeness (QED) is 0.837. The second-order valence-electron chi connectivity index (χ2n) is 4.17. The number of rotatable bonds is 5. The molecule has 0 radical (unpaired) electrons. The third kappa shape index (κ3) is 2.63. The van der Waals surface area contributed by atoms with E-state index in [0.717, 1.165) is 17.7 Å². The summed E-state index contributed by atoms with van der Waals surface area (Å²) in [6.45, 7) is 2.31. The topological polar surface area (TPSA) is 72.2 Å². The van der Waals surface area contributed by atoms with Crippen LogP contribution in [0.4, 0.5) is 0 Å². The number of thiophene rings is 1. The largest absolute Gasteiger partial charge is 0.326 e. The number of hydrogen-bond donors (Lipinski definition) is 2. The Morgan fingerprint density at radius 1 is 1.56 bits per heavy atom. The van der Waals surface area contributed by atoms with Crippen LogP contribution in [0.25, 0.3) is 0 Å². The molecule has 6 heteroatoms. The van der Waals surface area contributed by atoms with Crippen molar-refractivity contribution in [2.45, 2.75) is 36.6 Å². The third-order valence-corrected chi connectivity index (χ3v) is 5.93. The van der Waals surface area contributed by atoms with Gasteiger partial charge in [-0.15, -0.1) is 11.3 Å². The van der Waals surface area contributed by atoms with Crippen LogP contribution in [0.1, 0.15) is 24.6 Å². The van der Waals surface area contributed by atoms with Crippen molar-refractivity contribution in [1.29, 1.82) is 0 Å². The summed E-state index contributed by atoms with van der Waals surface area (Å²) in [7, 11) is -3.34. The lowest BCUT2D eigenvalue weighted by atomic mass is 10.2. The second-order valence-corrected chi connectivity index (χ2v) is 7.28. The molecule has 0 amide bonds. The zero-order chi connectivity index (χ0) is 11.8. The fraction of sp³-hybridized carbons (Fsp3) is 0.600. The summed E-state index contributed by atoms with van der Waals surface area (Å²) in [5.41, 5.74) is 5.46. The van der Waals surface area contributed by atoms with Crippen LogP contribution in [0.3, 0.4) is 0 Å². The van der Waals surface area contributed by atoms with Crippen LogP contribution in [-0.2, 0) is 16.6 Å². The maximum Gasteiger partial charge on any atom is 0.250 e. The fourth-order valence-electron chi connectivity index (χ4n) is 1.61. The van der Waals surface area contributed by atoms with Crippen molar-refractivity contribution in [3.63, 3.8) is 0 Å². The number of nitrogens with one attached hydrogen (secondary N) is 1. The summed E-state index contributed by atoms with van der Waals surface area (Å²) in [5, 5.41) is 0. The summed E-state index contributed by atoms with van der Waals surface area (Å²) in [4.78, 5) is 0.888. The monoisotopic (exact) mass is 260 g/mol. The van der Waals surface area contributed by atoms with E-state index >= 15 is 0 Å². The molecule has 0 aliphatic heterocycles. The van der Waals surface area contributed by atoms with Gasteiger partial charge in [0.15, 0.2) is 0 Å². The Balaban J connectivity index is 2.11. The van der Waals surface area contributed by atoms with Gasteiger partial charge in [0.2, 0.25) is 10.0 Å². The minimum absolute atomic E-state index is 0.0356. The van der Waals surface area contributed by atoms with Gasteiger partial charge >= 0.3 is 0 Å². The molecule has 1 heterocycles. The summed E-state index contributed by atoms with van der Waals surface area (Å²) >= 11 is 1.24. The number of nitrogens with two attached hydrogens (primary N) is 1. The molecule has 1 aromatic rings. The standard InChI is InChI=1S/C10H16N2O2S2/c1-7(8-2-3-8)12-16(13,14)10-5-4-9(6-11)15-10/h4-5,7-8,12H,2-3,6,11H2,1H3. The maximum atomic E-state index is 12.0. The van der Waals surface area contributed by atoms with E-state index in [1.807, 2.05) is 6.92 Å². The van der Waals surface area contributed by atoms with E-state index in [1.165, 1.54) is 11.3 Å². The highest BCUT2D eigenvalue weighted by molar-refractivity contribution is 7.91. The Kier molecular flexibility index (Phi) is 3.34. The summed E-state index contributed by atoms with van der Waals surface area (Å²) < 4.78 is 27.0. The van der Waals surface area contributed by atoms with Crippen molar-refractivity contribution in [2.75, 3.05) is 0 Å². The Morgan fingerprint density at radius 3 is 2.75 bits per heavy atom. The summed E-state index contributed by atoms with van der Waals surface area (Å²) in [5.74, 6) is 0.517. The van der Waals surface area contributed by atoms with Gasteiger partial charge in [-0.05, 0) is 37.8 Å². The molecular formula is C10H16N2O2S2. The molecule has 1 aliphatic carbocycles. The van der Waals surface area contributed by atoms with Crippen LogP contribution in [0.5, 0.6) is 0 Å². The lowest BCUT2D eigenvalue weighted by molar-refractivity contribution is 0.539. The second kappa shape index (κ2) is 4.44. The van der Waals surface area contributed by atoms with Crippen LogP contribution >= 0.6 is 11.3 Å². The predicted octanol–water partition coefficient (Wildman–Crippen LogP) is 1.28. The first-order chi connectivity index (χ1) is 7.53. The number of hydrogen-bond acceptors (Lipinski definition) is 4. The summed E-state index contributed by atoms with van der Waals surface area (Å²) in [6.07, 6.45) is 2.25. The molecule has 1 aliphatic rings.